The molecule has 0 saturated carbocycles. The lowest BCUT2D eigenvalue weighted by Gasteiger charge is -2.19. The molecule has 0 radical (unpaired) electrons. The maximum atomic E-state index is 12.0. The van der Waals surface area contributed by atoms with E-state index in [9.17, 15) is 18.7 Å². The topological polar surface area (TPSA) is 157 Å². The Balaban J connectivity index is 2.34. The van der Waals surface area contributed by atoms with Gasteiger partial charge in [0.1, 0.15) is 18.4 Å². The summed E-state index contributed by atoms with van der Waals surface area (Å²) < 4.78 is 39.7. The van der Waals surface area contributed by atoms with Crippen LogP contribution in [0.4, 0.5) is 0 Å². The van der Waals surface area contributed by atoms with Crippen molar-refractivity contribution in [2.45, 2.75) is 31.0 Å². The third-order valence-corrected chi connectivity index (χ3v) is 4.87. The SMILES string of the molecule is COC1C(O[P+](=O)S)[C@@H](C/C=C\P(=O)(O)O)O[C@H]1n1ccc(=O)[nH]c1=O. The van der Waals surface area contributed by atoms with E-state index in [0.717, 1.165) is 10.6 Å². The Morgan fingerprint density at radius 2 is 2.15 bits per heavy atom. The highest BCUT2D eigenvalue weighted by molar-refractivity contribution is 8.39. The van der Waals surface area contributed by atoms with Crippen molar-refractivity contribution in [1.82, 2.24) is 9.55 Å². The minimum atomic E-state index is -4.35. The van der Waals surface area contributed by atoms with Crippen LogP contribution in [0.3, 0.4) is 0 Å². The normalized spacial score (nSPS) is 27.2. The van der Waals surface area contributed by atoms with Crippen molar-refractivity contribution < 1.29 is 32.9 Å². The van der Waals surface area contributed by atoms with Gasteiger partial charge < -0.3 is 19.3 Å². The van der Waals surface area contributed by atoms with Crippen molar-refractivity contribution in [3.63, 3.8) is 0 Å². The van der Waals surface area contributed by atoms with Gasteiger partial charge in [-0.3, -0.25) is 18.9 Å². The standard InChI is InChI=1S/C12H16N2O9P2S/c1-21-10-9(23-24(17)26)7(3-2-6-25(18,19)20)22-11(10)14-5-4-8(15)13-12(14)16/h2,4-7,9-11H,3H2,1H3,(H3-,13,15,16,17,18,19,20,26)/p+1/b6-2-/t7-,9?,10?,11-/m1/s1. The van der Waals surface area contributed by atoms with Gasteiger partial charge in [-0.15, -0.1) is 4.52 Å². The van der Waals surface area contributed by atoms with Gasteiger partial charge in [-0.2, -0.15) is 0 Å². The molecule has 144 valence electrons. The van der Waals surface area contributed by atoms with Crippen LogP contribution in [0, 0.1) is 0 Å². The maximum absolute atomic E-state index is 12.0. The summed E-state index contributed by atoms with van der Waals surface area (Å²) in [4.78, 5) is 43.1. The van der Waals surface area contributed by atoms with E-state index in [1.807, 2.05) is 0 Å². The molecular weight excluding hydrogens is 410 g/mol. The summed E-state index contributed by atoms with van der Waals surface area (Å²) in [5, 5.41) is 0. The van der Waals surface area contributed by atoms with Gasteiger partial charge in [0.05, 0.1) is 6.10 Å². The maximum Gasteiger partial charge on any atom is 0.582 e. The lowest BCUT2D eigenvalue weighted by Crippen LogP contribution is -2.38. The minimum Gasteiger partial charge on any atom is -0.374 e. The number of thiol groups is 1. The van der Waals surface area contributed by atoms with Gasteiger partial charge in [-0.1, -0.05) is 6.08 Å². The smallest absolute Gasteiger partial charge is 0.374 e. The average Bonchev–Trinajstić information content (AvgIpc) is 2.83. The van der Waals surface area contributed by atoms with Crippen molar-refractivity contribution in [3.8, 4) is 0 Å². The number of hydrogen-bond acceptors (Lipinski definition) is 7. The van der Waals surface area contributed by atoms with Gasteiger partial charge in [-0.25, -0.2) is 4.79 Å². The summed E-state index contributed by atoms with van der Waals surface area (Å²) in [5.74, 6) is 0.704. The zero-order valence-electron chi connectivity index (χ0n) is 13.4. The second-order valence-electron chi connectivity index (χ2n) is 5.30. The molecule has 0 bridgehead atoms. The molecule has 3 unspecified atom stereocenters. The zero-order chi connectivity index (χ0) is 19.5. The van der Waals surface area contributed by atoms with Gasteiger partial charge >= 0.3 is 20.5 Å². The van der Waals surface area contributed by atoms with E-state index in [4.69, 9.17) is 23.8 Å². The Hall–Kier alpha value is -1.10. The predicted molar refractivity (Wildman–Crippen MR) is 93.3 cm³/mol. The Morgan fingerprint density at radius 3 is 2.69 bits per heavy atom. The average molecular weight is 427 g/mol. The first kappa shape index (κ1) is 21.2. The Kier molecular flexibility index (Phi) is 7.12. The summed E-state index contributed by atoms with van der Waals surface area (Å²) in [6.45, 7) is 0. The number of ether oxygens (including phenoxy) is 2. The van der Waals surface area contributed by atoms with E-state index in [0.29, 0.717) is 5.82 Å². The lowest BCUT2D eigenvalue weighted by molar-refractivity contribution is -0.0526. The van der Waals surface area contributed by atoms with E-state index < -0.39 is 50.6 Å². The number of aromatic nitrogens is 2. The molecule has 2 heterocycles. The van der Waals surface area contributed by atoms with Crippen LogP contribution in [0.5, 0.6) is 0 Å². The third kappa shape index (κ3) is 5.45. The summed E-state index contributed by atoms with van der Waals surface area (Å²) in [6, 6.07) is 1.12. The number of H-pyrrole nitrogens is 1. The van der Waals surface area contributed by atoms with Crippen molar-refractivity contribution in [1.29, 1.82) is 0 Å². The van der Waals surface area contributed by atoms with Crippen LogP contribution in [-0.2, 0) is 23.1 Å². The zero-order valence-corrected chi connectivity index (χ0v) is 16.1. The van der Waals surface area contributed by atoms with Gasteiger partial charge in [0.15, 0.2) is 12.3 Å². The number of methoxy groups -OCH3 is 1. The molecule has 1 aliphatic heterocycles. The molecule has 11 nitrogen and oxygen atoms in total. The van der Waals surface area contributed by atoms with Crippen LogP contribution in [-0.4, -0.2) is 44.8 Å². The molecule has 3 N–H and O–H groups in total. The lowest BCUT2D eigenvalue weighted by atomic mass is 10.1. The Morgan fingerprint density at radius 1 is 1.46 bits per heavy atom. The van der Waals surface area contributed by atoms with E-state index in [1.165, 1.54) is 19.4 Å². The predicted octanol–water partition coefficient (Wildman–Crippen LogP) is 0.503. The fourth-order valence-corrected chi connectivity index (χ4v) is 3.75. The highest BCUT2D eigenvalue weighted by Crippen LogP contribution is 2.42. The van der Waals surface area contributed by atoms with E-state index in [-0.39, 0.29) is 6.42 Å². The molecule has 2 rings (SSSR count). The Labute approximate surface area is 153 Å². The molecule has 0 aliphatic carbocycles. The first-order chi connectivity index (χ1) is 12.1. The molecule has 1 aromatic heterocycles. The van der Waals surface area contributed by atoms with E-state index in [1.54, 1.807) is 0 Å². The molecule has 0 aromatic carbocycles. The quantitative estimate of drug-likeness (QED) is 0.359. The Bertz CT molecular complexity index is 848. The van der Waals surface area contributed by atoms with Crippen LogP contribution in [0.15, 0.2) is 33.7 Å². The number of nitrogens with zero attached hydrogens (tertiary/aromatic N) is 1. The van der Waals surface area contributed by atoms with Crippen molar-refractivity contribution in [2.24, 2.45) is 0 Å². The number of hydrogen-bond donors (Lipinski definition) is 4. The fourth-order valence-electron chi connectivity index (χ4n) is 2.56. The molecule has 1 aromatic rings. The molecule has 26 heavy (non-hydrogen) atoms. The largest absolute Gasteiger partial charge is 0.582 e. The number of nitrogens with one attached hydrogen (secondary N) is 1. The van der Waals surface area contributed by atoms with Crippen LogP contribution >= 0.6 is 27.1 Å². The number of rotatable bonds is 7. The van der Waals surface area contributed by atoms with Crippen LogP contribution in [0.1, 0.15) is 12.6 Å². The molecule has 5 atom stereocenters. The van der Waals surface area contributed by atoms with Gasteiger partial charge in [0, 0.05) is 25.2 Å². The minimum absolute atomic E-state index is 0.0127. The summed E-state index contributed by atoms with van der Waals surface area (Å²) in [5.41, 5.74) is -1.34. The summed E-state index contributed by atoms with van der Waals surface area (Å²) in [6.07, 6.45) is -1.30. The van der Waals surface area contributed by atoms with Crippen LogP contribution < -0.4 is 11.2 Å². The van der Waals surface area contributed by atoms with E-state index in [2.05, 4.69) is 17.2 Å². The molecule has 14 heteroatoms. The number of aromatic amines is 1. The molecular formula is C12H17N2O9P2S+. The molecule has 1 fully saturated rings. The van der Waals surface area contributed by atoms with Crippen LogP contribution in [0.25, 0.3) is 0 Å². The van der Waals surface area contributed by atoms with Crippen LogP contribution in [0.2, 0.25) is 0 Å². The first-order valence-corrected chi connectivity index (χ1v) is 11.2. The first-order valence-electron chi connectivity index (χ1n) is 7.18. The second kappa shape index (κ2) is 8.73. The second-order valence-corrected chi connectivity index (χ2v) is 8.44. The summed E-state index contributed by atoms with van der Waals surface area (Å²) >= 11 is 3.70. The van der Waals surface area contributed by atoms with Crippen molar-refractivity contribution in [3.05, 3.63) is 45.0 Å². The monoisotopic (exact) mass is 427 g/mol. The van der Waals surface area contributed by atoms with Gasteiger partial charge in [0.25, 0.3) is 5.56 Å². The highest BCUT2D eigenvalue weighted by Gasteiger charge is 2.50. The molecule has 1 saturated heterocycles. The van der Waals surface area contributed by atoms with Crippen molar-refractivity contribution >= 4 is 27.1 Å². The summed E-state index contributed by atoms with van der Waals surface area (Å²) in [7, 11) is -5.37. The van der Waals surface area contributed by atoms with E-state index >= 15 is 0 Å². The van der Waals surface area contributed by atoms with Gasteiger partial charge in [-0.05, 0) is 11.0 Å². The third-order valence-electron chi connectivity index (χ3n) is 3.56. The van der Waals surface area contributed by atoms with Gasteiger partial charge in [0.2, 0.25) is 0 Å². The fraction of sp³-hybridized carbons (Fsp3) is 0.500. The van der Waals surface area contributed by atoms with Crippen molar-refractivity contribution in [2.75, 3.05) is 7.11 Å². The highest BCUT2D eigenvalue weighted by atomic mass is 32.7. The molecule has 1 aliphatic rings. The molecule has 0 amide bonds. The molecule has 0 spiro atoms.